The van der Waals surface area contributed by atoms with Gasteiger partial charge in [-0.15, -0.1) is 0 Å². The Morgan fingerprint density at radius 3 is 2.96 bits per heavy atom. The molecule has 0 saturated carbocycles. The van der Waals surface area contributed by atoms with Crippen molar-refractivity contribution >= 4 is 22.5 Å². The molecule has 1 N–H and O–H groups in total. The summed E-state index contributed by atoms with van der Waals surface area (Å²) >= 11 is 0. The molecule has 1 atom stereocenters. The predicted octanol–water partition coefficient (Wildman–Crippen LogP) is 2.66. The number of fused-ring (bicyclic) bond motifs is 1. The van der Waals surface area contributed by atoms with E-state index in [1.807, 2.05) is 31.3 Å². The number of nitrogens with one attached hydrogen (secondary N) is 1. The number of rotatable bonds is 5. The summed E-state index contributed by atoms with van der Waals surface area (Å²) in [5.74, 6) is 1.58. The van der Waals surface area contributed by atoms with Crippen molar-refractivity contribution in [2.75, 3.05) is 18.5 Å². The van der Waals surface area contributed by atoms with Gasteiger partial charge in [-0.2, -0.15) is 5.10 Å². The minimum absolute atomic E-state index is 0.225. The number of nitrogens with zero attached hydrogens (tertiary/aromatic N) is 4. The van der Waals surface area contributed by atoms with Crippen LogP contribution in [0.3, 0.4) is 0 Å². The molecule has 4 rings (SSSR count). The van der Waals surface area contributed by atoms with Gasteiger partial charge < -0.3 is 14.8 Å². The summed E-state index contributed by atoms with van der Waals surface area (Å²) in [6.07, 6.45) is 5.72. The van der Waals surface area contributed by atoms with Gasteiger partial charge in [0.15, 0.2) is 5.65 Å². The highest BCUT2D eigenvalue weighted by molar-refractivity contribution is 5.88. The van der Waals surface area contributed by atoms with Crippen LogP contribution >= 0.6 is 0 Å². The number of hydrogen-bond acceptors (Lipinski definition) is 6. The SMILES string of the molecule is Cn1ncc2c(Nc3ccc(OC[C@@H]4CCCO4)cc3)ncnc21. The zero-order chi connectivity index (χ0) is 16.4. The van der Waals surface area contributed by atoms with E-state index in [-0.39, 0.29) is 6.10 Å². The average molecular weight is 325 g/mol. The first-order valence-electron chi connectivity index (χ1n) is 8.04. The largest absolute Gasteiger partial charge is 0.491 e. The lowest BCUT2D eigenvalue weighted by molar-refractivity contribution is 0.0679. The Kier molecular flexibility index (Phi) is 4.00. The van der Waals surface area contributed by atoms with Crippen molar-refractivity contribution < 1.29 is 9.47 Å². The Labute approximate surface area is 139 Å². The molecule has 0 spiro atoms. The third-order valence-electron chi connectivity index (χ3n) is 4.11. The molecular formula is C17H19N5O2. The average Bonchev–Trinajstić information content (AvgIpc) is 3.25. The monoisotopic (exact) mass is 325 g/mol. The molecule has 1 saturated heterocycles. The fraction of sp³-hybridized carbons (Fsp3) is 0.353. The lowest BCUT2D eigenvalue weighted by Crippen LogP contribution is -2.16. The first-order chi connectivity index (χ1) is 11.8. The van der Waals surface area contributed by atoms with Crippen molar-refractivity contribution in [3.05, 3.63) is 36.8 Å². The molecule has 2 aromatic heterocycles. The van der Waals surface area contributed by atoms with Crippen molar-refractivity contribution in [1.29, 1.82) is 0 Å². The molecule has 1 aromatic carbocycles. The standard InChI is InChI=1S/C17H19N5O2/c1-22-17-15(9-20-22)16(18-11-19-17)21-12-4-6-13(7-5-12)24-10-14-3-2-8-23-14/h4-7,9,11,14H,2-3,8,10H2,1H3,(H,18,19,21)/t14-/m0/s1. The molecule has 0 amide bonds. The molecule has 1 aliphatic rings. The quantitative estimate of drug-likeness (QED) is 0.777. The molecular weight excluding hydrogens is 306 g/mol. The molecule has 0 aliphatic carbocycles. The van der Waals surface area contributed by atoms with Crippen LogP contribution in [-0.2, 0) is 11.8 Å². The molecule has 7 heteroatoms. The third kappa shape index (κ3) is 3.03. The Balaban J connectivity index is 1.44. The molecule has 0 unspecified atom stereocenters. The first-order valence-corrected chi connectivity index (χ1v) is 8.04. The number of hydrogen-bond donors (Lipinski definition) is 1. The van der Waals surface area contributed by atoms with Gasteiger partial charge in [0.1, 0.15) is 24.5 Å². The van der Waals surface area contributed by atoms with Gasteiger partial charge in [-0.05, 0) is 37.1 Å². The second kappa shape index (κ2) is 6.45. The van der Waals surface area contributed by atoms with Crippen molar-refractivity contribution in [3.63, 3.8) is 0 Å². The molecule has 0 radical (unpaired) electrons. The highest BCUT2D eigenvalue weighted by atomic mass is 16.5. The minimum atomic E-state index is 0.225. The van der Waals surface area contributed by atoms with Crippen LogP contribution in [0.25, 0.3) is 11.0 Å². The summed E-state index contributed by atoms with van der Waals surface area (Å²) < 4.78 is 13.1. The molecule has 124 valence electrons. The van der Waals surface area contributed by atoms with Crippen LogP contribution in [0, 0.1) is 0 Å². The van der Waals surface area contributed by atoms with Crippen molar-refractivity contribution in [2.45, 2.75) is 18.9 Å². The van der Waals surface area contributed by atoms with E-state index in [0.717, 1.165) is 47.7 Å². The topological polar surface area (TPSA) is 74.1 Å². The molecule has 3 aromatic rings. The number of ether oxygens (including phenoxy) is 2. The molecule has 1 fully saturated rings. The van der Waals surface area contributed by atoms with Crippen molar-refractivity contribution in [2.24, 2.45) is 7.05 Å². The second-order valence-corrected chi connectivity index (χ2v) is 5.82. The van der Waals surface area contributed by atoms with Crippen LogP contribution < -0.4 is 10.1 Å². The van der Waals surface area contributed by atoms with Crippen LogP contribution in [0.5, 0.6) is 5.75 Å². The molecule has 24 heavy (non-hydrogen) atoms. The zero-order valence-electron chi connectivity index (χ0n) is 13.5. The van der Waals surface area contributed by atoms with Gasteiger partial charge in [0.2, 0.25) is 0 Å². The Hall–Kier alpha value is -2.67. The Bertz CT molecular complexity index is 825. The highest BCUT2D eigenvalue weighted by Gasteiger charge is 2.16. The Morgan fingerprint density at radius 1 is 1.29 bits per heavy atom. The summed E-state index contributed by atoms with van der Waals surface area (Å²) in [4.78, 5) is 8.54. The molecule has 0 bridgehead atoms. The maximum Gasteiger partial charge on any atom is 0.163 e. The molecule has 7 nitrogen and oxygen atoms in total. The first kappa shape index (κ1) is 14.9. The van der Waals surface area contributed by atoms with Gasteiger partial charge in [-0.25, -0.2) is 9.97 Å². The van der Waals surface area contributed by atoms with Crippen molar-refractivity contribution in [1.82, 2.24) is 19.7 Å². The van der Waals surface area contributed by atoms with E-state index >= 15 is 0 Å². The zero-order valence-corrected chi connectivity index (χ0v) is 13.5. The van der Waals surface area contributed by atoms with Gasteiger partial charge in [0.25, 0.3) is 0 Å². The van der Waals surface area contributed by atoms with Gasteiger partial charge in [-0.3, -0.25) is 4.68 Å². The van der Waals surface area contributed by atoms with Gasteiger partial charge >= 0.3 is 0 Å². The highest BCUT2D eigenvalue weighted by Crippen LogP contribution is 2.24. The van der Waals surface area contributed by atoms with E-state index in [4.69, 9.17) is 9.47 Å². The summed E-state index contributed by atoms with van der Waals surface area (Å²) in [7, 11) is 1.86. The number of benzene rings is 1. The van der Waals surface area contributed by atoms with Gasteiger partial charge in [-0.1, -0.05) is 0 Å². The van der Waals surface area contributed by atoms with E-state index in [1.54, 1.807) is 10.9 Å². The number of aryl methyl sites for hydroxylation is 1. The summed E-state index contributed by atoms with van der Waals surface area (Å²) in [5.41, 5.74) is 1.73. The normalized spacial score (nSPS) is 17.3. The van der Waals surface area contributed by atoms with E-state index < -0.39 is 0 Å². The summed E-state index contributed by atoms with van der Waals surface area (Å²) in [6, 6.07) is 7.82. The molecule has 1 aliphatic heterocycles. The number of anilines is 2. The van der Waals surface area contributed by atoms with E-state index in [9.17, 15) is 0 Å². The summed E-state index contributed by atoms with van der Waals surface area (Å²) in [6.45, 7) is 1.45. The lowest BCUT2D eigenvalue weighted by atomic mass is 10.2. The van der Waals surface area contributed by atoms with Gasteiger partial charge in [0.05, 0.1) is 17.7 Å². The van der Waals surface area contributed by atoms with E-state index in [0.29, 0.717) is 6.61 Å². The number of aromatic nitrogens is 4. The minimum Gasteiger partial charge on any atom is -0.491 e. The van der Waals surface area contributed by atoms with Crippen LogP contribution in [-0.4, -0.2) is 39.1 Å². The van der Waals surface area contributed by atoms with Crippen molar-refractivity contribution in [3.8, 4) is 5.75 Å². The predicted molar refractivity (Wildman–Crippen MR) is 90.5 cm³/mol. The van der Waals surface area contributed by atoms with E-state index in [1.165, 1.54) is 6.33 Å². The fourth-order valence-electron chi connectivity index (χ4n) is 2.80. The maximum atomic E-state index is 5.78. The smallest absolute Gasteiger partial charge is 0.163 e. The fourth-order valence-corrected chi connectivity index (χ4v) is 2.80. The lowest BCUT2D eigenvalue weighted by Gasteiger charge is -2.12. The van der Waals surface area contributed by atoms with Crippen LogP contribution in [0.2, 0.25) is 0 Å². The van der Waals surface area contributed by atoms with E-state index in [2.05, 4.69) is 20.4 Å². The Morgan fingerprint density at radius 2 is 2.17 bits per heavy atom. The molecule has 3 heterocycles. The summed E-state index contributed by atoms with van der Waals surface area (Å²) in [5, 5.41) is 8.40. The third-order valence-corrected chi connectivity index (χ3v) is 4.11. The van der Waals surface area contributed by atoms with Gasteiger partial charge in [0, 0.05) is 19.3 Å². The van der Waals surface area contributed by atoms with Crippen LogP contribution in [0.15, 0.2) is 36.8 Å². The van der Waals surface area contributed by atoms with Crippen LogP contribution in [0.1, 0.15) is 12.8 Å². The van der Waals surface area contributed by atoms with Crippen LogP contribution in [0.4, 0.5) is 11.5 Å². The maximum absolute atomic E-state index is 5.78. The second-order valence-electron chi connectivity index (χ2n) is 5.82.